The van der Waals surface area contributed by atoms with Crippen molar-refractivity contribution in [2.75, 3.05) is 13.6 Å². The zero-order valence-corrected chi connectivity index (χ0v) is 12.4. The largest absolute Gasteiger partial charge is 0.298 e. The maximum atomic E-state index is 4.71. The van der Waals surface area contributed by atoms with Crippen LogP contribution in [-0.4, -0.2) is 23.5 Å². The van der Waals surface area contributed by atoms with Gasteiger partial charge in [-0.3, -0.25) is 4.90 Å². The quantitative estimate of drug-likeness (QED) is 0.821. The summed E-state index contributed by atoms with van der Waals surface area (Å²) in [6.07, 6.45) is 9.65. The molecule has 0 unspecified atom stereocenters. The molecule has 0 spiro atoms. The Morgan fingerprint density at radius 1 is 1.22 bits per heavy atom. The van der Waals surface area contributed by atoms with Crippen molar-refractivity contribution < 1.29 is 0 Å². The van der Waals surface area contributed by atoms with E-state index in [0.29, 0.717) is 6.04 Å². The first kappa shape index (κ1) is 12.6. The molecule has 3 rings (SSSR count). The molecule has 18 heavy (non-hydrogen) atoms. The van der Waals surface area contributed by atoms with Crippen molar-refractivity contribution in [3.8, 4) is 0 Å². The van der Waals surface area contributed by atoms with Gasteiger partial charge in [0.1, 0.15) is 0 Å². The normalized spacial score (nSPS) is 24.7. The molecule has 0 aromatic carbocycles. The molecule has 0 N–H and O–H groups in total. The number of nitrogens with zero attached hydrogens (tertiary/aromatic N) is 2. The van der Waals surface area contributed by atoms with E-state index < -0.39 is 0 Å². The highest BCUT2D eigenvalue weighted by Gasteiger charge is 2.28. The molecule has 1 heterocycles. The second-order valence-electron chi connectivity index (χ2n) is 6.04. The van der Waals surface area contributed by atoms with E-state index in [9.17, 15) is 0 Å². The Hall–Kier alpha value is -0.410. The summed E-state index contributed by atoms with van der Waals surface area (Å²) in [4.78, 5) is 8.89. The first-order valence-corrected chi connectivity index (χ1v) is 8.22. The van der Waals surface area contributed by atoms with Crippen LogP contribution in [0.3, 0.4) is 0 Å². The number of aryl methyl sites for hydroxylation is 2. The van der Waals surface area contributed by atoms with Crippen LogP contribution in [0.5, 0.6) is 0 Å². The molecule has 0 bridgehead atoms. The predicted octanol–water partition coefficient (Wildman–Crippen LogP) is 3.95. The molecular weight excluding hydrogens is 240 g/mol. The first-order chi connectivity index (χ1) is 8.74. The smallest absolute Gasteiger partial charge is 0.0900 e. The number of hydrogen-bond donors (Lipinski definition) is 0. The second-order valence-corrected chi connectivity index (χ2v) is 7.28. The molecular formula is C15H24N2S. The molecule has 0 saturated heterocycles. The molecule has 1 saturated carbocycles. The minimum atomic E-state index is 0.653. The summed E-state index contributed by atoms with van der Waals surface area (Å²) in [5.41, 5.74) is 1.40. The van der Waals surface area contributed by atoms with Crippen molar-refractivity contribution in [3.05, 3.63) is 15.6 Å². The standard InChI is InChI=1S/C15H24N2S/c1-11-16-13-8-5-9-14(15(13)18-11)17(2)10-12-6-3-4-7-12/h12,14H,3-10H2,1-2H3/t14-/m1/s1. The van der Waals surface area contributed by atoms with Gasteiger partial charge in [-0.1, -0.05) is 12.8 Å². The number of thiazole rings is 1. The fourth-order valence-corrected chi connectivity index (χ4v) is 4.84. The molecule has 1 atom stereocenters. The Morgan fingerprint density at radius 3 is 2.78 bits per heavy atom. The summed E-state index contributed by atoms with van der Waals surface area (Å²) < 4.78 is 0. The Bertz CT molecular complexity index is 407. The minimum absolute atomic E-state index is 0.653. The molecule has 1 fully saturated rings. The van der Waals surface area contributed by atoms with Gasteiger partial charge >= 0.3 is 0 Å². The van der Waals surface area contributed by atoms with Crippen LogP contribution in [0.25, 0.3) is 0 Å². The van der Waals surface area contributed by atoms with Gasteiger partial charge in [-0.2, -0.15) is 0 Å². The van der Waals surface area contributed by atoms with Crippen molar-refractivity contribution in [1.29, 1.82) is 0 Å². The van der Waals surface area contributed by atoms with E-state index in [2.05, 4.69) is 18.9 Å². The topological polar surface area (TPSA) is 16.1 Å². The molecule has 0 amide bonds. The average Bonchev–Trinajstić information content (AvgIpc) is 2.95. The minimum Gasteiger partial charge on any atom is -0.298 e. The molecule has 0 radical (unpaired) electrons. The Balaban J connectivity index is 1.71. The van der Waals surface area contributed by atoms with Gasteiger partial charge in [0, 0.05) is 17.5 Å². The third-order valence-corrected chi connectivity index (χ3v) is 5.70. The first-order valence-electron chi connectivity index (χ1n) is 7.40. The molecule has 1 aromatic heterocycles. The summed E-state index contributed by atoms with van der Waals surface area (Å²) in [6, 6.07) is 0.653. The third-order valence-electron chi connectivity index (χ3n) is 4.58. The van der Waals surface area contributed by atoms with E-state index in [1.54, 1.807) is 4.88 Å². The zero-order chi connectivity index (χ0) is 12.5. The van der Waals surface area contributed by atoms with E-state index in [1.165, 1.54) is 62.2 Å². The summed E-state index contributed by atoms with van der Waals surface area (Å²) >= 11 is 1.93. The lowest BCUT2D eigenvalue weighted by Gasteiger charge is -2.32. The molecule has 100 valence electrons. The summed E-state index contributed by atoms with van der Waals surface area (Å²) in [5, 5.41) is 1.25. The van der Waals surface area contributed by atoms with Crippen LogP contribution in [0.2, 0.25) is 0 Å². The lowest BCUT2D eigenvalue weighted by molar-refractivity contribution is 0.192. The van der Waals surface area contributed by atoms with Gasteiger partial charge in [0.05, 0.1) is 10.7 Å². The van der Waals surface area contributed by atoms with E-state index in [1.807, 2.05) is 11.3 Å². The number of aromatic nitrogens is 1. The maximum absolute atomic E-state index is 4.71. The number of rotatable bonds is 3. The molecule has 3 heteroatoms. The zero-order valence-electron chi connectivity index (χ0n) is 11.6. The summed E-state index contributed by atoms with van der Waals surface area (Å²) in [7, 11) is 2.33. The van der Waals surface area contributed by atoms with Crippen molar-refractivity contribution in [2.45, 2.75) is 57.9 Å². The Morgan fingerprint density at radius 2 is 2.00 bits per heavy atom. The van der Waals surface area contributed by atoms with Crippen LogP contribution >= 0.6 is 11.3 Å². The van der Waals surface area contributed by atoms with Gasteiger partial charge in [-0.05, 0) is 52.0 Å². The average molecular weight is 264 g/mol. The number of fused-ring (bicyclic) bond motifs is 1. The van der Waals surface area contributed by atoms with Crippen LogP contribution in [0, 0.1) is 12.8 Å². The van der Waals surface area contributed by atoms with Crippen molar-refractivity contribution in [2.24, 2.45) is 5.92 Å². The summed E-state index contributed by atoms with van der Waals surface area (Å²) in [6.45, 7) is 3.44. The molecule has 0 aliphatic heterocycles. The van der Waals surface area contributed by atoms with E-state index >= 15 is 0 Å². The van der Waals surface area contributed by atoms with E-state index in [4.69, 9.17) is 4.98 Å². The van der Waals surface area contributed by atoms with Gasteiger partial charge in [-0.25, -0.2) is 4.98 Å². The highest BCUT2D eigenvalue weighted by molar-refractivity contribution is 7.11. The third kappa shape index (κ3) is 2.48. The van der Waals surface area contributed by atoms with Gasteiger partial charge in [0.15, 0.2) is 0 Å². The fourth-order valence-electron chi connectivity index (χ4n) is 3.67. The van der Waals surface area contributed by atoms with Gasteiger partial charge < -0.3 is 0 Å². The highest BCUT2D eigenvalue weighted by Crippen LogP contribution is 2.38. The van der Waals surface area contributed by atoms with Crippen molar-refractivity contribution >= 4 is 11.3 Å². The van der Waals surface area contributed by atoms with Crippen LogP contribution < -0.4 is 0 Å². The molecule has 2 aliphatic rings. The maximum Gasteiger partial charge on any atom is 0.0900 e. The Kier molecular flexibility index (Phi) is 3.71. The lowest BCUT2D eigenvalue weighted by atomic mass is 9.96. The number of hydrogen-bond acceptors (Lipinski definition) is 3. The van der Waals surface area contributed by atoms with Crippen molar-refractivity contribution in [1.82, 2.24) is 9.88 Å². The Labute approximate surface area is 114 Å². The van der Waals surface area contributed by atoms with Crippen LogP contribution in [0.1, 0.15) is 60.1 Å². The SMILES string of the molecule is Cc1nc2c(s1)[C@H](N(C)CC1CCCC1)CCC2. The highest BCUT2D eigenvalue weighted by atomic mass is 32.1. The summed E-state index contributed by atoms with van der Waals surface area (Å²) in [5.74, 6) is 0.953. The molecule has 2 aliphatic carbocycles. The predicted molar refractivity (Wildman–Crippen MR) is 77.1 cm³/mol. The van der Waals surface area contributed by atoms with Crippen LogP contribution in [0.15, 0.2) is 0 Å². The van der Waals surface area contributed by atoms with Crippen LogP contribution in [-0.2, 0) is 6.42 Å². The van der Waals surface area contributed by atoms with Gasteiger partial charge in [0.2, 0.25) is 0 Å². The van der Waals surface area contributed by atoms with Crippen LogP contribution in [0.4, 0.5) is 0 Å². The fraction of sp³-hybridized carbons (Fsp3) is 0.800. The van der Waals surface area contributed by atoms with E-state index in [-0.39, 0.29) is 0 Å². The van der Waals surface area contributed by atoms with Crippen molar-refractivity contribution in [3.63, 3.8) is 0 Å². The second kappa shape index (κ2) is 5.30. The molecule has 2 nitrogen and oxygen atoms in total. The van der Waals surface area contributed by atoms with Gasteiger partial charge in [0.25, 0.3) is 0 Å². The molecule has 1 aromatic rings. The monoisotopic (exact) mass is 264 g/mol. The van der Waals surface area contributed by atoms with Gasteiger partial charge in [-0.15, -0.1) is 11.3 Å². The lowest BCUT2D eigenvalue weighted by Crippen LogP contribution is -2.30. The van der Waals surface area contributed by atoms with E-state index in [0.717, 1.165) is 5.92 Å².